The Morgan fingerprint density at radius 2 is 2.15 bits per heavy atom. The molecule has 0 radical (unpaired) electrons. The number of benzene rings is 1. The van der Waals surface area contributed by atoms with Gasteiger partial charge in [0, 0.05) is 19.5 Å². The molecule has 0 saturated carbocycles. The highest BCUT2D eigenvalue weighted by atomic mass is 32.2. The number of nitrogens with zero attached hydrogens (tertiary/aromatic N) is 3. The molecule has 2 aromatic rings. The first-order valence-electron chi connectivity index (χ1n) is 8.46. The summed E-state index contributed by atoms with van der Waals surface area (Å²) in [5.74, 6) is -0.0915. The van der Waals surface area contributed by atoms with Gasteiger partial charge in [-0.15, -0.1) is 10.2 Å². The predicted molar refractivity (Wildman–Crippen MR) is 91.8 cm³/mol. The highest BCUT2D eigenvalue weighted by Crippen LogP contribution is 2.25. The van der Waals surface area contributed by atoms with E-state index in [1.165, 1.54) is 28.6 Å². The average Bonchev–Trinajstić information content (AvgIpc) is 3.05. The van der Waals surface area contributed by atoms with Crippen LogP contribution >= 0.6 is 0 Å². The Hall–Kier alpha value is -2.26. The second kappa shape index (κ2) is 7.55. The van der Waals surface area contributed by atoms with Crippen LogP contribution in [0.25, 0.3) is 0 Å². The minimum atomic E-state index is -3.65. The van der Waals surface area contributed by atoms with Crippen LogP contribution in [0, 0.1) is 6.92 Å². The molecule has 1 aromatic carbocycles. The fourth-order valence-corrected chi connectivity index (χ4v) is 4.70. The number of carbonyl (C=O) groups excluding carboxylic acids is 1. The van der Waals surface area contributed by atoms with Crippen molar-refractivity contribution in [3.05, 3.63) is 41.6 Å². The van der Waals surface area contributed by atoms with Crippen LogP contribution in [0.5, 0.6) is 0 Å². The molecule has 0 aliphatic carbocycles. The van der Waals surface area contributed by atoms with Crippen molar-refractivity contribution in [2.45, 2.75) is 50.7 Å². The standard InChI is InChI=1S/C17H21N3O5S/c1-12-6-3-4-9-20(12)26(22,23)15-8-5-7-14(10-15)17(21)24-11-16-19-18-13(2)25-16/h5,7-8,10,12H,3-4,6,9,11H2,1-2H3/t12-/m1/s1. The van der Waals surface area contributed by atoms with Crippen molar-refractivity contribution in [3.8, 4) is 0 Å². The van der Waals surface area contributed by atoms with Gasteiger partial charge in [0.2, 0.25) is 15.9 Å². The first kappa shape index (κ1) is 18.5. The van der Waals surface area contributed by atoms with E-state index < -0.39 is 16.0 Å². The summed E-state index contributed by atoms with van der Waals surface area (Å²) < 4.78 is 37.5. The molecular weight excluding hydrogens is 358 g/mol. The lowest BCUT2D eigenvalue weighted by atomic mass is 10.1. The Balaban J connectivity index is 1.75. The lowest BCUT2D eigenvalue weighted by Gasteiger charge is -2.32. The quantitative estimate of drug-likeness (QED) is 0.734. The number of ether oxygens (including phenoxy) is 1. The number of aryl methyl sites for hydroxylation is 1. The summed E-state index contributed by atoms with van der Waals surface area (Å²) in [5.41, 5.74) is 0.159. The van der Waals surface area contributed by atoms with E-state index in [2.05, 4.69) is 10.2 Å². The SMILES string of the molecule is Cc1nnc(COC(=O)c2cccc(S(=O)(=O)N3CCCC[C@H]3C)c2)o1. The van der Waals surface area contributed by atoms with Crippen molar-refractivity contribution in [1.29, 1.82) is 0 Å². The Kier molecular flexibility index (Phi) is 5.38. The second-order valence-corrected chi connectivity index (χ2v) is 8.17. The van der Waals surface area contributed by atoms with Crippen LogP contribution in [-0.4, -0.2) is 41.5 Å². The number of aromatic nitrogens is 2. The molecule has 140 valence electrons. The van der Waals surface area contributed by atoms with Gasteiger partial charge in [-0.1, -0.05) is 12.5 Å². The van der Waals surface area contributed by atoms with Gasteiger partial charge in [-0.05, 0) is 38.0 Å². The molecule has 1 atom stereocenters. The molecule has 1 aliphatic heterocycles. The first-order valence-corrected chi connectivity index (χ1v) is 9.90. The summed E-state index contributed by atoms with van der Waals surface area (Å²) in [5, 5.41) is 7.39. The molecular formula is C17H21N3O5S. The molecule has 0 bridgehead atoms. The fourth-order valence-electron chi connectivity index (χ4n) is 2.95. The van der Waals surface area contributed by atoms with Gasteiger partial charge >= 0.3 is 5.97 Å². The summed E-state index contributed by atoms with van der Waals surface area (Å²) in [6.07, 6.45) is 2.70. The van der Waals surface area contributed by atoms with E-state index in [4.69, 9.17) is 9.15 Å². The number of piperidine rings is 1. The van der Waals surface area contributed by atoms with E-state index in [0.29, 0.717) is 12.4 Å². The molecule has 0 spiro atoms. The summed E-state index contributed by atoms with van der Waals surface area (Å²) in [7, 11) is -3.65. The van der Waals surface area contributed by atoms with E-state index >= 15 is 0 Å². The normalized spacial score (nSPS) is 18.6. The van der Waals surface area contributed by atoms with Crippen molar-refractivity contribution in [1.82, 2.24) is 14.5 Å². The molecule has 1 saturated heterocycles. The zero-order chi connectivity index (χ0) is 18.7. The Labute approximate surface area is 152 Å². The van der Waals surface area contributed by atoms with Crippen molar-refractivity contribution >= 4 is 16.0 Å². The van der Waals surface area contributed by atoms with Crippen LogP contribution in [0.3, 0.4) is 0 Å². The Bertz CT molecular complexity index is 893. The fraction of sp³-hybridized carbons (Fsp3) is 0.471. The van der Waals surface area contributed by atoms with Crippen molar-refractivity contribution in [2.75, 3.05) is 6.54 Å². The summed E-state index contributed by atoms with van der Waals surface area (Å²) in [6.45, 7) is 3.87. The zero-order valence-corrected chi connectivity index (χ0v) is 15.5. The Morgan fingerprint density at radius 3 is 2.85 bits per heavy atom. The van der Waals surface area contributed by atoms with Gasteiger partial charge in [0.05, 0.1) is 10.5 Å². The molecule has 1 aromatic heterocycles. The van der Waals surface area contributed by atoms with Crippen molar-refractivity contribution in [2.24, 2.45) is 0 Å². The molecule has 1 fully saturated rings. The van der Waals surface area contributed by atoms with Gasteiger partial charge in [-0.3, -0.25) is 0 Å². The van der Waals surface area contributed by atoms with Crippen LogP contribution in [0.15, 0.2) is 33.6 Å². The largest absolute Gasteiger partial charge is 0.452 e. The van der Waals surface area contributed by atoms with Gasteiger partial charge in [-0.25, -0.2) is 13.2 Å². The number of carbonyl (C=O) groups is 1. The third kappa shape index (κ3) is 3.94. The van der Waals surface area contributed by atoms with E-state index in [1.54, 1.807) is 6.92 Å². The minimum absolute atomic E-state index is 0.0508. The van der Waals surface area contributed by atoms with Crippen molar-refractivity contribution in [3.63, 3.8) is 0 Å². The first-order chi connectivity index (χ1) is 12.4. The van der Waals surface area contributed by atoms with Gasteiger partial charge in [0.1, 0.15) is 0 Å². The smallest absolute Gasteiger partial charge is 0.338 e. The van der Waals surface area contributed by atoms with Crippen LogP contribution in [0.1, 0.15) is 48.3 Å². The third-order valence-corrected chi connectivity index (χ3v) is 6.32. The molecule has 8 nitrogen and oxygen atoms in total. The van der Waals surface area contributed by atoms with E-state index in [1.807, 2.05) is 6.92 Å². The molecule has 26 heavy (non-hydrogen) atoms. The number of hydrogen-bond donors (Lipinski definition) is 0. The van der Waals surface area contributed by atoms with Crippen molar-refractivity contribution < 1.29 is 22.4 Å². The minimum Gasteiger partial charge on any atom is -0.452 e. The number of sulfonamides is 1. The number of esters is 1. The highest BCUT2D eigenvalue weighted by molar-refractivity contribution is 7.89. The molecule has 2 heterocycles. The summed E-state index contributed by atoms with van der Waals surface area (Å²) >= 11 is 0. The van der Waals surface area contributed by atoms with Gasteiger partial charge in [-0.2, -0.15) is 4.31 Å². The predicted octanol–water partition coefficient (Wildman–Crippen LogP) is 2.30. The highest BCUT2D eigenvalue weighted by Gasteiger charge is 2.31. The molecule has 1 aliphatic rings. The Morgan fingerprint density at radius 1 is 1.35 bits per heavy atom. The molecule has 9 heteroatoms. The molecule has 3 rings (SSSR count). The van der Waals surface area contributed by atoms with Crippen LogP contribution < -0.4 is 0 Å². The molecule has 0 unspecified atom stereocenters. The number of hydrogen-bond acceptors (Lipinski definition) is 7. The second-order valence-electron chi connectivity index (χ2n) is 6.28. The van der Waals surface area contributed by atoms with Crippen LogP contribution in [0.2, 0.25) is 0 Å². The lowest BCUT2D eigenvalue weighted by molar-refractivity contribution is 0.0436. The third-order valence-electron chi connectivity index (χ3n) is 4.31. The monoisotopic (exact) mass is 379 g/mol. The van der Waals surface area contributed by atoms with Gasteiger partial charge in [0.15, 0.2) is 6.61 Å². The van der Waals surface area contributed by atoms with Gasteiger partial charge < -0.3 is 9.15 Å². The maximum atomic E-state index is 12.9. The van der Waals surface area contributed by atoms with Crippen LogP contribution in [-0.2, 0) is 21.4 Å². The van der Waals surface area contributed by atoms with E-state index in [-0.39, 0.29) is 29.0 Å². The average molecular weight is 379 g/mol. The van der Waals surface area contributed by atoms with Gasteiger partial charge in [0.25, 0.3) is 5.89 Å². The number of rotatable bonds is 5. The maximum Gasteiger partial charge on any atom is 0.338 e. The summed E-state index contributed by atoms with van der Waals surface area (Å²) in [4.78, 5) is 12.3. The van der Waals surface area contributed by atoms with E-state index in [0.717, 1.165) is 19.3 Å². The topological polar surface area (TPSA) is 103 Å². The molecule has 0 amide bonds. The lowest BCUT2D eigenvalue weighted by Crippen LogP contribution is -2.41. The maximum absolute atomic E-state index is 12.9. The van der Waals surface area contributed by atoms with Crippen LogP contribution in [0.4, 0.5) is 0 Å². The molecule has 0 N–H and O–H groups in total. The van der Waals surface area contributed by atoms with E-state index in [9.17, 15) is 13.2 Å². The zero-order valence-electron chi connectivity index (χ0n) is 14.7. The summed E-state index contributed by atoms with van der Waals surface area (Å²) in [6, 6.07) is 5.84.